The molecule has 0 fully saturated rings. The van der Waals surface area contributed by atoms with Gasteiger partial charge in [0.05, 0.1) is 12.5 Å². The number of nitrogens with zero attached hydrogens (tertiary/aromatic N) is 1. The highest BCUT2D eigenvalue weighted by molar-refractivity contribution is 7.11. The van der Waals surface area contributed by atoms with E-state index in [1.165, 1.54) is 11.3 Å². The quantitative estimate of drug-likeness (QED) is 0.872. The number of rotatable bonds is 4. The average molecular weight is 238 g/mol. The molecule has 1 heterocycles. The number of aromatic nitrogens is 1. The van der Waals surface area contributed by atoms with Gasteiger partial charge < -0.3 is 5.32 Å². The Bertz CT molecular complexity index is 309. The Morgan fingerprint density at radius 2 is 2.20 bits per heavy atom. The zero-order chi connectivity index (χ0) is 11.5. The molecule has 0 saturated heterocycles. The van der Waals surface area contributed by atoms with Crippen molar-refractivity contribution in [3.8, 4) is 0 Å². The lowest BCUT2D eigenvalue weighted by Gasteiger charge is -2.12. The monoisotopic (exact) mass is 238 g/mol. The lowest BCUT2D eigenvalue weighted by atomic mass is 10.3. The third-order valence-electron chi connectivity index (χ3n) is 1.87. The predicted octanol–water partition coefficient (Wildman–Crippen LogP) is 3.05. The highest BCUT2D eigenvalue weighted by Crippen LogP contribution is 2.21. The maximum atomic E-state index is 11.9. The first kappa shape index (κ1) is 12.4. The molecule has 1 aromatic heterocycles. The van der Waals surface area contributed by atoms with Gasteiger partial charge >= 0.3 is 6.18 Å². The number of hydrogen-bond donors (Lipinski definition) is 1. The molecule has 1 aromatic rings. The van der Waals surface area contributed by atoms with Crippen LogP contribution in [0, 0.1) is 6.92 Å². The molecule has 0 aliphatic carbocycles. The first-order chi connectivity index (χ1) is 6.88. The summed E-state index contributed by atoms with van der Waals surface area (Å²) in [6.07, 6.45) is -3.17. The standard InChI is InChI=1S/C9H13F3N2S/c1-6-5-14-8(15-6)7(2)13-4-3-9(10,11)12/h5,7,13H,3-4H2,1-2H3. The molecule has 1 unspecified atom stereocenters. The van der Waals surface area contributed by atoms with E-state index < -0.39 is 12.6 Å². The molecule has 0 saturated carbocycles. The molecule has 15 heavy (non-hydrogen) atoms. The Morgan fingerprint density at radius 3 is 2.67 bits per heavy atom. The summed E-state index contributed by atoms with van der Waals surface area (Å²) < 4.78 is 35.6. The van der Waals surface area contributed by atoms with Crippen LogP contribution < -0.4 is 5.32 Å². The highest BCUT2D eigenvalue weighted by atomic mass is 32.1. The summed E-state index contributed by atoms with van der Waals surface area (Å²) >= 11 is 1.50. The van der Waals surface area contributed by atoms with Crippen molar-refractivity contribution in [2.75, 3.05) is 6.54 Å². The Labute approximate surface area is 90.5 Å². The number of alkyl halides is 3. The first-order valence-electron chi connectivity index (χ1n) is 4.61. The number of aryl methyl sites for hydroxylation is 1. The summed E-state index contributed by atoms with van der Waals surface area (Å²) in [5, 5.41) is 3.63. The van der Waals surface area contributed by atoms with Crippen molar-refractivity contribution in [3.63, 3.8) is 0 Å². The summed E-state index contributed by atoms with van der Waals surface area (Å²) in [5.74, 6) is 0. The second-order valence-electron chi connectivity index (χ2n) is 3.35. The third-order valence-corrected chi connectivity index (χ3v) is 2.96. The van der Waals surface area contributed by atoms with Gasteiger partial charge in [0.25, 0.3) is 0 Å². The molecule has 86 valence electrons. The molecular weight excluding hydrogens is 225 g/mol. The van der Waals surface area contributed by atoms with Crippen LogP contribution >= 0.6 is 11.3 Å². The fourth-order valence-electron chi connectivity index (χ4n) is 1.09. The minimum absolute atomic E-state index is 0.0662. The second-order valence-corrected chi connectivity index (χ2v) is 4.62. The third kappa shape index (κ3) is 4.61. The van der Waals surface area contributed by atoms with Gasteiger partial charge in [-0.15, -0.1) is 11.3 Å². The van der Waals surface area contributed by atoms with E-state index in [2.05, 4.69) is 10.3 Å². The van der Waals surface area contributed by atoms with E-state index in [1.54, 1.807) is 6.20 Å². The Hall–Kier alpha value is -0.620. The minimum atomic E-state index is -4.09. The van der Waals surface area contributed by atoms with E-state index in [1.807, 2.05) is 13.8 Å². The van der Waals surface area contributed by atoms with Gasteiger partial charge in [-0.2, -0.15) is 13.2 Å². The van der Waals surface area contributed by atoms with E-state index in [9.17, 15) is 13.2 Å². The molecule has 0 radical (unpaired) electrons. The molecule has 1 rings (SSSR count). The molecule has 0 aliphatic heterocycles. The molecular formula is C9H13F3N2S. The molecule has 0 aromatic carbocycles. The van der Waals surface area contributed by atoms with E-state index in [-0.39, 0.29) is 12.6 Å². The van der Waals surface area contributed by atoms with Gasteiger partial charge in [-0.05, 0) is 13.8 Å². The van der Waals surface area contributed by atoms with E-state index in [4.69, 9.17) is 0 Å². The van der Waals surface area contributed by atoms with Crippen molar-refractivity contribution < 1.29 is 13.2 Å². The summed E-state index contributed by atoms with van der Waals surface area (Å²) in [6.45, 7) is 3.67. The van der Waals surface area contributed by atoms with Crippen molar-refractivity contribution in [2.24, 2.45) is 0 Å². The van der Waals surface area contributed by atoms with E-state index in [0.29, 0.717) is 0 Å². The van der Waals surface area contributed by atoms with Crippen LogP contribution in [0.1, 0.15) is 29.3 Å². The number of thiazole rings is 1. The molecule has 0 spiro atoms. The van der Waals surface area contributed by atoms with Crippen LogP contribution in [-0.2, 0) is 0 Å². The van der Waals surface area contributed by atoms with Gasteiger partial charge in [-0.3, -0.25) is 0 Å². The van der Waals surface area contributed by atoms with Gasteiger partial charge in [0, 0.05) is 17.6 Å². The Morgan fingerprint density at radius 1 is 1.53 bits per heavy atom. The van der Waals surface area contributed by atoms with Crippen molar-refractivity contribution in [3.05, 3.63) is 16.1 Å². The van der Waals surface area contributed by atoms with Crippen LogP contribution in [-0.4, -0.2) is 17.7 Å². The van der Waals surface area contributed by atoms with Crippen LogP contribution in [0.15, 0.2) is 6.20 Å². The SMILES string of the molecule is Cc1cnc(C(C)NCCC(F)(F)F)s1. The van der Waals surface area contributed by atoms with E-state index in [0.717, 1.165) is 9.88 Å². The molecule has 0 amide bonds. The summed E-state index contributed by atoms with van der Waals surface area (Å²) in [5.41, 5.74) is 0. The van der Waals surface area contributed by atoms with Crippen LogP contribution in [0.4, 0.5) is 13.2 Å². The number of halogens is 3. The van der Waals surface area contributed by atoms with Crippen molar-refractivity contribution >= 4 is 11.3 Å². The Kier molecular flexibility index (Phi) is 4.10. The number of nitrogens with one attached hydrogen (secondary N) is 1. The summed E-state index contributed by atoms with van der Waals surface area (Å²) in [6, 6.07) is -0.119. The van der Waals surface area contributed by atoms with Crippen molar-refractivity contribution in [2.45, 2.75) is 32.5 Å². The highest BCUT2D eigenvalue weighted by Gasteiger charge is 2.26. The zero-order valence-electron chi connectivity index (χ0n) is 8.56. The molecule has 0 bridgehead atoms. The molecule has 1 atom stereocenters. The van der Waals surface area contributed by atoms with Crippen LogP contribution in [0.5, 0.6) is 0 Å². The van der Waals surface area contributed by atoms with Gasteiger partial charge in [0.1, 0.15) is 5.01 Å². The van der Waals surface area contributed by atoms with Crippen LogP contribution in [0.25, 0.3) is 0 Å². The van der Waals surface area contributed by atoms with Gasteiger partial charge in [0.15, 0.2) is 0 Å². The minimum Gasteiger partial charge on any atom is -0.308 e. The van der Waals surface area contributed by atoms with Gasteiger partial charge in [0.2, 0.25) is 0 Å². The molecule has 2 nitrogen and oxygen atoms in total. The first-order valence-corrected chi connectivity index (χ1v) is 5.42. The average Bonchev–Trinajstić information content (AvgIpc) is 2.49. The lowest BCUT2D eigenvalue weighted by molar-refractivity contribution is -0.133. The van der Waals surface area contributed by atoms with Crippen molar-refractivity contribution in [1.82, 2.24) is 10.3 Å². The second kappa shape index (κ2) is 4.94. The lowest BCUT2D eigenvalue weighted by Crippen LogP contribution is -2.24. The van der Waals surface area contributed by atoms with Crippen LogP contribution in [0.3, 0.4) is 0 Å². The topological polar surface area (TPSA) is 24.9 Å². The van der Waals surface area contributed by atoms with E-state index >= 15 is 0 Å². The molecule has 6 heteroatoms. The normalized spacial score (nSPS) is 14.2. The zero-order valence-corrected chi connectivity index (χ0v) is 9.37. The molecule has 1 N–H and O–H groups in total. The smallest absolute Gasteiger partial charge is 0.308 e. The number of hydrogen-bond acceptors (Lipinski definition) is 3. The molecule has 0 aliphatic rings. The largest absolute Gasteiger partial charge is 0.390 e. The predicted molar refractivity (Wildman–Crippen MR) is 53.9 cm³/mol. The maximum Gasteiger partial charge on any atom is 0.390 e. The fourth-order valence-corrected chi connectivity index (χ4v) is 1.89. The van der Waals surface area contributed by atoms with Gasteiger partial charge in [-0.25, -0.2) is 4.98 Å². The van der Waals surface area contributed by atoms with Gasteiger partial charge in [-0.1, -0.05) is 0 Å². The fraction of sp³-hybridized carbons (Fsp3) is 0.667. The van der Waals surface area contributed by atoms with Crippen molar-refractivity contribution in [1.29, 1.82) is 0 Å². The summed E-state index contributed by atoms with van der Waals surface area (Å²) in [7, 11) is 0. The summed E-state index contributed by atoms with van der Waals surface area (Å²) in [4.78, 5) is 5.17. The maximum absolute atomic E-state index is 11.9. The Balaban J connectivity index is 2.34. The van der Waals surface area contributed by atoms with Crippen LogP contribution in [0.2, 0.25) is 0 Å².